The van der Waals surface area contributed by atoms with E-state index < -0.39 is 6.10 Å². The van der Waals surface area contributed by atoms with Crippen molar-refractivity contribution in [1.82, 2.24) is 24.6 Å². The Balaban J connectivity index is 1.55. The van der Waals surface area contributed by atoms with Gasteiger partial charge in [0, 0.05) is 18.8 Å². The van der Waals surface area contributed by atoms with E-state index in [1.165, 1.54) is 11.1 Å². The number of fused-ring (bicyclic) bond motifs is 1. The van der Waals surface area contributed by atoms with Crippen LogP contribution in [-0.4, -0.2) is 43.1 Å². The molecule has 6 heteroatoms. The largest absolute Gasteiger partial charge is 0.390 e. The van der Waals surface area contributed by atoms with Gasteiger partial charge >= 0.3 is 0 Å². The van der Waals surface area contributed by atoms with E-state index in [1.807, 2.05) is 34.9 Å². The highest BCUT2D eigenvalue weighted by atomic mass is 16.3. The average molecular weight is 341 g/mol. The zero-order valence-corrected chi connectivity index (χ0v) is 15.4. The normalized spacial score (nSPS) is 14.1. The number of aliphatic hydroxyl groups is 1. The van der Waals surface area contributed by atoms with Crippen molar-refractivity contribution in [1.29, 1.82) is 0 Å². The zero-order chi connectivity index (χ0) is 18.0. The smallest absolute Gasteiger partial charge is 0.0959 e. The lowest BCUT2D eigenvalue weighted by atomic mass is 10.1. The molecule has 2 aromatic heterocycles. The van der Waals surface area contributed by atoms with Crippen LogP contribution in [0.5, 0.6) is 0 Å². The highest BCUT2D eigenvalue weighted by Gasteiger charge is 2.11. The minimum Gasteiger partial charge on any atom is -0.390 e. The van der Waals surface area contributed by atoms with E-state index in [9.17, 15) is 5.11 Å². The van der Waals surface area contributed by atoms with Crippen molar-refractivity contribution in [2.75, 3.05) is 6.54 Å². The van der Waals surface area contributed by atoms with E-state index >= 15 is 0 Å². The third-order valence-corrected chi connectivity index (χ3v) is 4.57. The molecule has 0 bridgehead atoms. The molecule has 0 aliphatic rings. The van der Waals surface area contributed by atoms with Gasteiger partial charge in [-0.25, -0.2) is 4.98 Å². The molecule has 0 unspecified atom stereocenters. The first-order valence-corrected chi connectivity index (χ1v) is 8.75. The van der Waals surface area contributed by atoms with Crippen molar-refractivity contribution < 1.29 is 5.11 Å². The molecule has 0 saturated heterocycles. The minimum absolute atomic E-state index is 0.235. The molecule has 1 aromatic carbocycles. The van der Waals surface area contributed by atoms with Gasteiger partial charge in [0.15, 0.2) is 0 Å². The number of aliphatic hydroxyl groups excluding tert-OH is 1. The summed E-state index contributed by atoms with van der Waals surface area (Å²) in [5.41, 5.74) is 5.69. The summed E-state index contributed by atoms with van der Waals surface area (Å²) in [6.07, 6.45) is 5.22. The van der Waals surface area contributed by atoms with Gasteiger partial charge < -0.3 is 15.0 Å². The van der Waals surface area contributed by atoms with Gasteiger partial charge in [-0.1, -0.05) is 0 Å². The Morgan fingerprint density at radius 2 is 1.92 bits per heavy atom. The van der Waals surface area contributed by atoms with E-state index in [0.29, 0.717) is 13.1 Å². The van der Waals surface area contributed by atoms with E-state index in [2.05, 4.69) is 48.3 Å². The van der Waals surface area contributed by atoms with Gasteiger partial charge in [0.05, 0.1) is 42.8 Å². The Morgan fingerprint density at radius 1 is 1.16 bits per heavy atom. The summed E-state index contributed by atoms with van der Waals surface area (Å²) in [5.74, 6) is 0. The van der Waals surface area contributed by atoms with Crippen molar-refractivity contribution in [2.45, 2.75) is 52.9 Å². The van der Waals surface area contributed by atoms with Crippen LogP contribution in [0.2, 0.25) is 0 Å². The van der Waals surface area contributed by atoms with Gasteiger partial charge in [-0.2, -0.15) is 5.10 Å². The predicted octanol–water partition coefficient (Wildman–Crippen LogP) is 2.20. The van der Waals surface area contributed by atoms with E-state index in [-0.39, 0.29) is 6.04 Å². The Hall–Kier alpha value is -2.18. The lowest BCUT2D eigenvalue weighted by Gasteiger charge is -2.18. The maximum absolute atomic E-state index is 10.4. The maximum atomic E-state index is 10.4. The SMILES string of the molecule is Cc1cnn(C[C@@H](C)NC[C@@H](O)Cn2cnc3cc(C)c(C)cc32)c1. The number of aromatic nitrogens is 4. The minimum atomic E-state index is -0.471. The molecule has 0 aliphatic carbocycles. The van der Waals surface area contributed by atoms with Crippen LogP contribution in [0.1, 0.15) is 23.6 Å². The summed E-state index contributed by atoms with van der Waals surface area (Å²) in [5, 5.41) is 18.1. The Morgan fingerprint density at radius 3 is 2.64 bits per heavy atom. The van der Waals surface area contributed by atoms with Crippen LogP contribution in [0.4, 0.5) is 0 Å². The second-order valence-electron chi connectivity index (χ2n) is 7.02. The summed E-state index contributed by atoms with van der Waals surface area (Å²) in [6.45, 7) is 10.2. The second kappa shape index (κ2) is 7.37. The van der Waals surface area contributed by atoms with Crippen molar-refractivity contribution in [3.63, 3.8) is 0 Å². The van der Waals surface area contributed by atoms with E-state index in [0.717, 1.165) is 23.1 Å². The molecule has 25 heavy (non-hydrogen) atoms. The van der Waals surface area contributed by atoms with Crippen molar-refractivity contribution in [3.05, 3.63) is 47.5 Å². The number of hydrogen-bond acceptors (Lipinski definition) is 4. The number of hydrogen-bond donors (Lipinski definition) is 2. The number of imidazole rings is 1. The standard InChI is InChI=1S/C19H27N5O/c1-13-7-22-24(9-13)10-16(4)20-8-17(25)11-23-12-21-18-5-14(2)15(3)6-19(18)23/h5-7,9,12,16-17,20,25H,8,10-11H2,1-4H3/t16-,17-/m1/s1. The van der Waals surface area contributed by atoms with Gasteiger partial charge in [-0.3, -0.25) is 4.68 Å². The lowest BCUT2D eigenvalue weighted by Crippen LogP contribution is -2.38. The molecule has 0 spiro atoms. The summed E-state index contributed by atoms with van der Waals surface area (Å²) < 4.78 is 3.95. The molecule has 2 heterocycles. The highest BCUT2D eigenvalue weighted by Crippen LogP contribution is 2.18. The fourth-order valence-corrected chi connectivity index (χ4v) is 3.00. The molecule has 2 N–H and O–H groups in total. The first kappa shape index (κ1) is 17.6. The van der Waals surface area contributed by atoms with E-state index in [4.69, 9.17) is 0 Å². The number of nitrogens with zero attached hydrogens (tertiary/aromatic N) is 4. The lowest BCUT2D eigenvalue weighted by molar-refractivity contribution is 0.148. The first-order valence-electron chi connectivity index (χ1n) is 8.75. The molecule has 0 radical (unpaired) electrons. The van der Waals surface area contributed by atoms with Gasteiger partial charge in [0.1, 0.15) is 0 Å². The highest BCUT2D eigenvalue weighted by molar-refractivity contribution is 5.77. The maximum Gasteiger partial charge on any atom is 0.0959 e. The molecule has 2 atom stereocenters. The average Bonchev–Trinajstić information content (AvgIpc) is 3.13. The molecular weight excluding hydrogens is 314 g/mol. The summed E-state index contributed by atoms with van der Waals surface area (Å²) in [7, 11) is 0. The van der Waals surface area contributed by atoms with Gasteiger partial charge in [-0.15, -0.1) is 0 Å². The van der Waals surface area contributed by atoms with Crippen LogP contribution in [0.15, 0.2) is 30.9 Å². The number of aryl methyl sites for hydroxylation is 3. The fraction of sp³-hybridized carbons (Fsp3) is 0.474. The third-order valence-electron chi connectivity index (χ3n) is 4.57. The number of rotatable bonds is 7. The molecule has 0 amide bonds. The third kappa shape index (κ3) is 4.27. The van der Waals surface area contributed by atoms with Crippen LogP contribution in [-0.2, 0) is 13.1 Å². The Labute approximate surface area is 148 Å². The van der Waals surface area contributed by atoms with Crippen molar-refractivity contribution in [3.8, 4) is 0 Å². The van der Waals surface area contributed by atoms with Crippen LogP contribution in [0.25, 0.3) is 11.0 Å². The number of benzene rings is 1. The van der Waals surface area contributed by atoms with Gasteiger partial charge in [-0.05, 0) is 56.5 Å². The van der Waals surface area contributed by atoms with Gasteiger partial charge in [0.2, 0.25) is 0 Å². The molecule has 3 aromatic rings. The van der Waals surface area contributed by atoms with Gasteiger partial charge in [0.25, 0.3) is 0 Å². The first-order chi connectivity index (χ1) is 11.9. The quantitative estimate of drug-likeness (QED) is 0.691. The molecule has 0 aliphatic heterocycles. The molecule has 0 saturated carbocycles. The van der Waals surface area contributed by atoms with Crippen molar-refractivity contribution in [2.24, 2.45) is 0 Å². The second-order valence-corrected chi connectivity index (χ2v) is 7.02. The van der Waals surface area contributed by atoms with Crippen LogP contribution >= 0.6 is 0 Å². The van der Waals surface area contributed by atoms with E-state index in [1.54, 1.807) is 0 Å². The predicted molar refractivity (Wildman–Crippen MR) is 99.6 cm³/mol. The van der Waals surface area contributed by atoms with Crippen LogP contribution in [0, 0.1) is 20.8 Å². The molecular formula is C19H27N5O. The summed E-state index contributed by atoms with van der Waals surface area (Å²) >= 11 is 0. The van der Waals surface area contributed by atoms with Crippen LogP contribution < -0.4 is 5.32 Å². The molecule has 0 fully saturated rings. The zero-order valence-electron chi connectivity index (χ0n) is 15.4. The Kier molecular flexibility index (Phi) is 5.20. The molecule has 134 valence electrons. The monoisotopic (exact) mass is 341 g/mol. The molecule has 3 rings (SSSR count). The topological polar surface area (TPSA) is 67.9 Å². The fourth-order valence-electron chi connectivity index (χ4n) is 3.00. The van der Waals surface area contributed by atoms with Crippen molar-refractivity contribution >= 4 is 11.0 Å². The molecule has 6 nitrogen and oxygen atoms in total. The summed E-state index contributed by atoms with van der Waals surface area (Å²) in [6, 6.07) is 4.47. The number of nitrogens with one attached hydrogen (secondary N) is 1. The summed E-state index contributed by atoms with van der Waals surface area (Å²) in [4.78, 5) is 4.45. The van der Waals surface area contributed by atoms with Crippen LogP contribution in [0.3, 0.4) is 0 Å². The Bertz CT molecular complexity index is 851.